The number of hydrogen-bond donors (Lipinski definition) is 1. The van der Waals surface area contributed by atoms with E-state index in [1.807, 2.05) is 12.1 Å². The molecule has 0 unspecified atom stereocenters. The van der Waals surface area contributed by atoms with Gasteiger partial charge in [-0.3, -0.25) is 4.90 Å². The van der Waals surface area contributed by atoms with E-state index in [0.717, 1.165) is 38.3 Å². The highest BCUT2D eigenvalue weighted by Gasteiger charge is 2.19. The molecule has 0 spiro atoms. The molecular formula is C17H20ClN3. The van der Waals surface area contributed by atoms with Gasteiger partial charge in [-0.2, -0.15) is 0 Å². The highest BCUT2D eigenvalue weighted by atomic mass is 35.5. The van der Waals surface area contributed by atoms with Crippen molar-refractivity contribution in [2.45, 2.75) is 25.4 Å². The van der Waals surface area contributed by atoms with E-state index in [2.05, 4.69) is 45.5 Å². The molecule has 21 heavy (non-hydrogen) atoms. The van der Waals surface area contributed by atoms with Crippen LogP contribution in [0, 0.1) is 0 Å². The zero-order valence-corrected chi connectivity index (χ0v) is 12.8. The lowest BCUT2D eigenvalue weighted by Crippen LogP contribution is -2.38. The second-order valence-corrected chi connectivity index (χ2v) is 5.91. The first-order valence-electron chi connectivity index (χ1n) is 7.45. The van der Waals surface area contributed by atoms with Crippen LogP contribution in [0.15, 0.2) is 48.5 Å². The van der Waals surface area contributed by atoms with Gasteiger partial charge in [0.05, 0.1) is 0 Å². The van der Waals surface area contributed by atoms with E-state index in [-0.39, 0.29) is 0 Å². The SMILES string of the molecule is Clc1cccc(NC2CCN(Cc3ccccc3)CC2)n1. The highest BCUT2D eigenvalue weighted by molar-refractivity contribution is 6.29. The van der Waals surface area contributed by atoms with Gasteiger partial charge in [-0.25, -0.2) is 4.98 Å². The summed E-state index contributed by atoms with van der Waals surface area (Å²) in [6, 6.07) is 16.9. The molecule has 1 aromatic carbocycles. The van der Waals surface area contributed by atoms with Crippen LogP contribution in [-0.2, 0) is 6.54 Å². The maximum absolute atomic E-state index is 5.92. The second kappa shape index (κ2) is 6.92. The summed E-state index contributed by atoms with van der Waals surface area (Å²) in [7, 11) is 0. The molecule has 0 saturated carbocycles. The molecule has 1 N–H and O–H groups in total. The monoisotopic (exact) mass is 301 g/mol. The lowest BCUT2D eigenvalue weighted by Gasteiger charge is -2.32. The van der Waals surface area contributed by atoms with Crippen molar-refractivity contribution in [1.82, 2.24) is 9.88 Å². The molecule has 0 atom stereocenters. The molecule has 3 nitrogen and oxygen atoms in total. The minimum Gasteiger partial charge on any atom is -0.367 e. The van der Waals surface area contributed by atoms with Crippen molar-refractivity contribution in [3.63, 3.8) is 0 Å². The smallest absolute Gasteiger partial charge is 0.131 e. The summed E-state index contributed by atoms with van der Waals surface area (Å²) >= 11 is 5.92. The van der Waals surface area contributed by atoms with Crippen molar-refractivity contribution < 1.29 is 0 Å². The first kappa shape index (κ1) is 14.4. The lowest BCUT2D eigenvalue weighted by molar-refractivity contribution is 0.211. The van der Waals surface area contributed by atoms with Crippen molar-refractivity contribution in [2.24, 2.45) is 0 Å². The van der Waals surface area contributed by atoms with Crippen molar-refractivity contribution in [3.05, 3.63) is 59.2 Å². The van der Waals surface area contributed by atoms with Crippen molar-refractivity contribution in [2.75, 3.05) is 18.4 Å². The van der Waals surface area contributed by atoms with Crippen LogP contribution in [-0.4, -0.2) is 29.0 Å². The first-order valence-corrected chi connectivity index (χ1v) is 7.83. The third-order valence-corrected chi connectivity index (χ3v) is 4.11. The van der Waals surface area contributed by atoms with E-state index in [1.54, 1.807) is 6.07 Å². The van der Waals surface area contributed by atoms with Crippen molar-refractivity contribution in [3.8, 4) is 0 Å². The van der Waals surface area contributed by atoms with E-state index in [0.29, 0.717) is 11.2 Å². The summed E-state index contributed by atoms with van der Waals surface area (Å²) in [5.41, 5.74) is 1.39. The Hall–Kier alpha value is -1.58. The van der Waals surface area contributed by atoms with Crippen LogP contribution in [0.25, 0.3) is 0 Å². The molecule has 2 aromatic rings. The van der Waals surface area contributed by atoms with Gasteiger partial charge in [-0.1, -0.05) is 48.0 Å². The summed E-state index contributed by atoms with van der Waals surface area (Å²) in [6.45, 7) is 3.28. The van der Waals surface area contributed by atoms with Gasteiger partial charge in [-0.15, -0.1) is 0 Å². The zero-order chi connectivity index (χ0) is 14.5. The minimum absolute atomic E-state index is 0.489. The molecule has 0 amide bonds. The van der Waals surface area contributed by atoms with Crippen molar-refractivity contribution in [1.29, 1.82) is 0 Å². The number of nitrogens with zero attached hydrogens (tertiary/aromatic N) is 2. The number of rotatable bonds is 4. The third-order valence-electron chi connectivity index (χ3n) is 3.90. The van der Waals surface area contributed by atoms with E-state index < -0.39 is 0 Å². The number of anilines is 1. The standard InChI is InChI=1S/C17H20ClN3/c18-16-7-4-8-17(20-16)19-15-9-11-21(12-10-15)13-14-5-2-1-3-6-14/h1-8,15H,9-13H2,(H,19,20). The molecule has 0 aliphatic carbocycles. The highest BCUT2D eigenvalue weighted by Crippen LogP contribution is 2.18. The molecular weight excluding hydrogens is 282 g/mol. The molecule has 0 radical (unpaired) electrons. The summed E-state index contributed by atoms with van der Waals surface area (Å²) in [6.07, 6.45) is 2.28. The lowest BCUT2D eigenvalue weighted by atomic mass is 10.0. The molecule has 0 bridgehead atoms. The minimum atomic E-state index is 0.489. The summed E-state index contributed by atoms with van der Waals surface area (Å²) in [5, 5.41) is 4.03. The predicted molar refractivity (Wildman–Crippen MR) is 87.6 cm³/mol. The largest absolute Gasteiger partial charge is 0.367 e. The maximum Gasteiger partial charge on any atom is 0.131 e. The number of pyridine rings is 1. The van der Waals surface area contributed by atoms with Crippen LogP contribution < -0.4 is 5.32 Å². The maximum atomic E-state index is 5.92. The van der Waals surface area contributed by atoms with Crippen LogP contribution in [0.5, 0.6) is 0 Å². The number of hydrogen-bond acceptors (Lipinski definition) is 3. The van der Waals surface area contributed by atoms with E-state index in [4.69, 9.17) is 11.6 Å². The Kier molecular flexibility index (Phi) is 4.73. The van der Waals surface area contributed by atoms with Crippen LogP contribution in [0.1, 0.15) is 18.4 Å². The Balaban J connectivity index is 1.49. The Labute approximate surface area is 131 Å². The fourth-order valence-corrected chi connectivity index (χ4v) is 2.94. The molecule has 1 aliphatic rings. The number of aromatic nitrogens is 1. The van der Waals surface area contributed by atoms with Gasteiger partial charge in [0.2, 0.25) is 0 Å². The fraction of sp³-hybridized carbons (Fsp3) is 0.353. The van der Waals surface area contributed by atoms with Gasteiger partial charge >= 0.3 is 0 Å². The normalized spacial score (nSPS) is 16.8. The van der Waals surface area contributed by atoms with Gasteiger partial charge in [0.25, 0.3) is 0 Å². The summed E-state index contributed by atoms with van der Waals surface area (Å²) < 4.78 is 0. The van der Waals surface area contributed by atoms with E-state index in [9.17, 15) is 0 Å². The Morgan fingerprint density at radius 2 is 1.81 bits per heavy atom. The molecule has 110 valence electrons. The zero-order valence-electron chi connectivity index (χ0n) is 12.0. The van der Waals surface area contributed by atoms with E-state index >= 15 is 0 Å². The van der Waals surface area contributed by atoms with Crippen LogP contribution in [0.2, 0.25) is 5.15 Å². The number of piperidine rings is 1. The van der Waals surface area contributed by atoms with Gasteiger partial charge in [0.1, 0.15) is 11.0 Å². The van der Waals surface area contributed by atoms with Gasteiger partial charge < -0.3 is 5.32 Å². The molecule has 1 aromatic heterocycles. The Bertz CT molecular complexity index is 565. The molecule has 1 fully saturated rings. The van der Waals surface area contributed by atoms with Crippen LogP contribution in [0.3, 0.4) is 0 Å². The summed E-state index contributed by atoms with van der Waals surface area (Å²) in [5.74, 6) is 0.879. The van der Waals surface area contributed by atoms with Crippen LogP contribution in [0.4, 0.5) is 5.82 Å². The Morgan fingerprint density at radius 1 is 1.05 bits per heavy atom. The van der Waals surface area contributed by atoms with Crippen molar-refractivity contribution >= 4 is 17.4 Å². The number of halogens is 1. The average molecular weight is 302 g/mol. The third kappa shape index (κ3) is 4.19. The van der Waals surface area contributed by atoms with Crippen LogP contribution >= 0.6 is 11.6 Å². The molecule has 3 rings (SSSR count). The number of nitrogens with one attached hydrogen (secondary N) is 1. The molecule has 4 heteroatoms. The summed E-state index contributed by atoms with van der Waals surface area (Å²) in [4.78, 5) is 6.81. The second-order valence-electron chi connectivity index (χ2n) is 5.53. The quantitative estimate of drug-likeness (QED) is 0.870. The molecule has 2 heterocycles. The number of likely N-dealkylation sites (tertiary alicyclic amines) is 1. The fourth-order valence-electron chi connectivity index (χ4n) is 2.77. The predicted octanol–water partition coefficient (Wildman–Crippen LogP) is 3.81. The van der Waals surface area contributed by atoms with Gasteiger partial charge in [0.15, 0.2) is 0 Å². The molecule has 1 aliphatic heterocycles. The number of benzene rings is 1. The average Bonchev–Trinajstić information content (AvgIpc) is 2.50. The molecule has 1 saturated heterocycles. The van der Waals surface area contributed by atoms with E-state index in [1.165, 1.54) is 5.56 Å². The topological polar surface area (TPSA) is 28.2 Å². The Morgan fingerprint density at radius 3 is 2.52 bits per heavy atom. The van der Waals surface area contributed by atoms with Gasteiger partial charge in [-0.05, 0) is 30.5 Å². The first-order chi connectivity index (χ1) is 10.3. The van der Waals surface area contributed by atoms with Gasteiger partial charge in [0, 0.05) is 25.7 Å².